The predicted octanol–water partition coefficient (Wildman–Crippen LogP) is -0.531. The summed E-state index contributed by atoms with van der Waals surface area (Å²) in [6, 6.07) is -0.975. The number of hydrogen-bond donors (Lipinski definition) is 2. The lowest BCUT2D eigenvalue weighted by Crippen LogP contribution is -2.33. The van der Waals surface area contributed by atoms with Gasteiger partial charge < -0.3 is 10.8 Å². The summed E-state index contributed by atoms with van der Waals surface area (Å²) in [5.41, 5.74) is 5.24. The minimum atomic E-state index is -3.04. The van der Waals surface area contributed by atoms with Crippen molar-refractivity contribution in [2.24, 2.45) is 11.7 Å². The van der Waals surface area contributed by atoms with Gasteiger partial charge in [-0.25, -0.2) is 8.42 Å². The van der Waals surface area contributed by atoms with E-state index < -0.39 is 21.8 Å². The van der Waals surface area contributed by atoms with Crippen LogP contribution in [-0.2, 0) is 14.6 Å². The molecule has 0 aromatic carbocycles. The molecule has 3 N–H and O–H groups in total. The molecule has 0 saturated heterocycles. The number of rotatable bonds is 5. The lowest BCUT2D eigenvalue weighted by atomic mass is 10.0. The van der Waals surface area contributed by atoms with Crippen LogP contribution in [0.2, 0.25) is 0 Å². The molecule has 1 unspecified atom stereocenters. The number of hydrogen-bond acceptors (Lipinski definition) is 4. The lowest BCUT2D eigenvalue weighted by molar-refractivity contribution is -0.138. The number of carboxylic acid groups (broad SMARTS) is 1. The Labute approximate surface area is 77.8 Å². The van der Waals surface area contributed by atoms with Gasteiger partial charge in [0.05, 0.1) is 5.75 Å². The van der Waals surface area contributed by atoms with Gasteiger partial charge in [-0.15, -0.1) is 0 Å². The highest BCUT2D eigenvalue weighted by Crippen LogP contribution is 2.07. The fourth-order valence-electron chi connectivity index (χ4n) is 1.12. The minimum Gasteiger partial charge on any atom is -0.480 e. The number of carboxylic acids is 1. The van der Waals surface area contributed by atoms with Gasteiger partial charge in [0.15, 0.2) is 0 Å². The number of aliphatic carboxylic acids is 1. The summed E-state index contributed by atoms with van der Waals surface area (Å²) in [5, 5.41) is 8.45. The molecule has 0 spiro atoms. The SMILES string of the molecule is CC(C[C@H](N)C(=O)O)CS(C)(=O)=O. The first-order valence-corrected chi connectivity index (χ1v) is 5.94. The maximum absolute atomic E-state index is 10.8. The number of sulfone groups is 1. The molecule has 0 heterocycles. The second-order valence-electron chi connectivity index (χ2n) is 3.38. The van der Waals surface area contributed by atoms with Crippen molar-refractivity contribution < 1.29 is 18.3 Å². The first-order chi connectivity index (χ1) is 5.72. The summed E-state index contributed by atoms with van der Waals surface area (Å²) in [6.45, 7) is 1.67. The predicted molar refractivity (Wildman–Crippen MR) is 49.1 cm³/mol. The Hall–Kier alpha value is -0.620. The van der Waals surface area contributed by atoms with Crippen molar-refractivity contribution in [2.45, 2.75) is 19.4 Å². The van der Waals surface area contributed by atoms with Crippen LogP contribution in [0, 0.1) is 5.92 Å². The van der Waals surface area contributed by atoms with E-state index in [1.807, 2.05) is 0 Å². The van der Waals surface area contributed by atoms with Gasteiger partial charge in [-0.2, -0.15) is 0 Å². The van der Waals surface area contributed by atoms with E-state index >= 15 is 0 Å². The van der Waals surface area contributed by atoms with Crippen LogP contribution >= 0.6 is 0 Å². The van der Waals surface area contributed by atoms with Gasteiger partial charge in [0.1, 0.15) is 15.9 Å². The van der Waals surface area contributed by atoms with Crippen LogP contribution in [0.4, 0.5) is 0 Å². The lowest BCUT2D eigenvalue weighted by Gasteiger charge is -2.12. The zero-order valence-corrected chi connectivity index (χ0v) is 8.54. The maximum Gasteiger partial charge on any atom is 0.320 e. The minimum absolute atomic E-state index is 0.0199. The Morgan fingerprint density at radius 2 is 2.00 bits per heavy atom. The zero-order valence-electron chi connectivity index (χ0n) is 7.73. The third-order valence-corrected chi connectivity index (χ3v) is 2.74. The molecule has 0 rings (SSSR count). The van der Waals surface area contributed by atoms with E-state index in [2.05, 4.69) is 0 Å². The fourth-order valence-corrected chi connectivity index (χ4v) is 2.29. The van der Waals surface area contributed by atoms with Gasteiger partial charge in [-0.1, -0.05) is 6.92 Å². The molecule has 5 nitrogen and oxygen atoms in total. The van der Waals surface area contributed by atoms with Crippen molar-refractivity contribution in [3.05, 3.63) is 0 Å². The van der Waals surface area contributed by atoms with Gasteiger partial charge in [0.25, 0.3) is 0 Å². The quantitative estimate of drug-likeness (QED) is 0.634. The Balaban J connectivity index is 4.02. The van der Waals surface area contributed by atoms with E-state index in [1.165, 1.54) is 0 Å². The maximum atomic E-state index is 10.8. The van der Waals surface area contributed by atoms with Crippen LogP contribution in [0.25, 0.3) is 0 Å². The van der Waals surface area contributed by atoms with Crippen LogP contribution in [0.5, 0.6) is 0 Å². The molecule has 0 aromatic heterocycles. The third-order valence-electron chi connectivity index (χ3n) is 1.56. The second kappa shape index (κ2) is 4.57. The number of carbonyl (C=O) groups is 1. The first kappa shape index (κ1) is 12.4. The van der Waals surface area contributed by atoms with Crippen molar-refractivity contribution >= 4 is 15.8 Å². The topological polar surface area (TPSA) is 97.5 Å². The van der Waals surface area contributed by atoms with Crippen molar-refractivity contribution in [1.82, 2.24) is 0 Å². The Morgan fingerprint density at radius 1 is 1.54 bits per heavy atom. The van der Waals surface area contributed by atoms with Crippen molar-refractivity contribution in [1.29, 1.82) is 0 Å². The number of nitrogens with two attached hydrogens (primary N) is 1. The Kier molecular flexibility index (Phi) is 4.35. The molecule has 0 aliphatic carbocycles. The summed E-state index contributed by atoms with van der Waals surface area (Å²) in [7, 11) is -3.04. The van der Waals surface area contributed by atoms with E-state index in [4.69, 9.17) is 10.8 Å². The molecule has 78 valence electrons. The van der Waals surface area contributed by atoms with Crippen molar-refractivity contribution in [2.75, 3.05) is 12.0 Å². The van der Waals surface area contributed by atoms with E-state index in [0.29, 0.717) is 0 Å². The molecular weight excluding hydrogens is 194 g/mol. The van der Waals surface area contributed by atoms with Crippen molar-refractivity contribution in [3.8, 4) is 0 Å². The van der Waals surface area contributed by atoms with Gasteiger partial charge in [0.2, 0.25) is 0 Å². The van der Waals surface area contributed by atoms with Gasteiger partial charge in [0, 0.05) is 6.26 Å². The molecule has 0 aliphatic heterocycles. The Bertz CT molecular complexity index is 272. The molecule has 0 saturated carbocycles. The molecule has 0 fully saturated rings. The largest absolute Gasteiger partial charge is 0.480 e. The van der Waals surface area contributed by atoms with Crippen LogP contribution in [-0.4, -0.2) is 37.5 Å². The van der Waals surface area contributed by atoms with E-state index in [9.17, 15) is 13.2 Å². The molecular formula is C7H15NO4S. The Morgan fingerprint density at radius 3 is 2.31 bits per heavy atom. The normalized spacial score (nSPS) is 16.5. The van der Waals surface area contributed by atoms with Crippen LogP contribution < -0.4 is 5.73 Å². The monoisotopic (exact) mass is 209 g/mol. The van der Waals surface area contributed by atoms with Crippen molar-refractivity contribution in [3.63, 3.8) is 0 Å². The first-order valence-electron chi connectivity index (χ1n) is 3.88. The molecule has 0 aliphatic rings. The summed E-state index contributed by atoms with van der Waals surface area (Å²) in [4.78, 5) is 10.3. The molecule has 0 bridgehead atoms. The van der Waals surface area contributed by atoms with Gasteiger partial charge in [-0.05, 0) is 12.3 Å². The molecule has 0 radical (unpaired) electrons. The second-order valence-corrected chi connectivity index (χ2v) is 5.56. The molecule has 0 amide bonds. The zero-order chi connectivity index (χ0) is 10.6. The standard InChI is InChI=1S/C7H15NO4S/c1-5(4-13(2,11)12)3-6(8)7(9)10/h5-6H,3-4,8H2,1-2H3,(H,9,10)/t5?,6-/m0/s1. The highest BCUT2D eigenvalue weighted by molar-refractivity contribution is 7.90. The fraction of sp³-hybridized carbons (Fsp3) is 0.857. The average molecular weight is 209 g/mol. The van der Waals surface area contributed by atoms with Gasteiger partial charge in [-0.3, -0.25) is 4.79 Å². The highest BCUT2D eigenvalue weighted by atomic mass is 32.2. The summed E-state index contributed by atoms with van der Waals surface area (Å²) >= 11 is 0. The molecule has 0 aromatic rings. The summed E-state index contributed by atoms with van der Waals surface area (Å²) < 4.78 is 21.6. The summed E-state index contributed by atoms with van der Waals surface area (Å²) in [5.74, 6) is -1.34. The average Bonchev–Trinajstić information content (AvgIpc) is 1.81. The third kappa shape index (κ3) is 6.53. The van der Waals surface area contributed by atoms with Crippen LogP contribution in [0.15, 0.2) is 0 Å². The molecule has 2 atom stereocenters. The molecule has 13 heavy (non-hydrogen) atoms. The van der Waals surface area contributed by atoms with E-state index in [0.717, 1.165) is 6.26 Å². The van der Waals surface area contributed by atoms with E-state index in [1.54, 1.807) is 6.92 Å². The molecule has 6 heteroatoms. The van der Waals surface area contributed by atoms with Crippen LogP contribution in [0.3, 0.4) is 0 Å². The van der Waals surface area contributed by atoms with E-state index in [-0.39, 0.29) is 18.1 Å². The summed E-state index contributed by atoms with van der Waals surface area (Å²) in [6.07, 6.45) is 1.30. The highest BCUT2D eigenvalue weighted by Gasteiger charge is 2.18. The smallest absolute Gasteiger partial charge is 0.320 e. The van der Waals surface area contributed by atoms with Gasteiger partial charge >= 0.3 is 5.97 Å². The van der Waals surface area contributed by atoms with Crippen LogP contribution in [0.1, 0.15) is 13.3 Å².